The van der Waals surface area contributed by atoms with Gasteiger partial charge >= 0.3 is 0 Å². The van der Waals surface area contributed by atoms with E-state index in [1.807, 2.05) is 4.90 Å². The van der Waals surface area contributed by atoms with Gasteiger partial charge < -0.3 is 20.5 Å². The van der Waals surface area contributed by atoms with Gasteiger partial charge in [-0.15, -0.1) is 0 Å². The lowest BCUT2D eigenvalue weighted by Crippen LogP contribution is -2.61. The minimum Gasteiger partial charge on any atom is -0.389 e. The minimum atomic E-state index is -0.829. The highest BCUT2D eigenvalue weighted by Crippen LogP contribution is 2.40. The summed E-state index contributed by atoms with van der Waals surface area (Å²) >= 11 is 0. The van der Waals surface area contributed by atoms with Crippen molar-refractivity contribution in [1.82, 2.24) is 4.90 Å². The van der Waals surface area contributed by atoms with Gasteiger partial charge in [0, 0.05) is 25.6 Å². The molecular weight excluding hydrogens is 244 g/mol. The van der Waals surface area contributed by atoms with E-state index in [4.69, 9.17) is 10.5 Å². The van der Waals surface area contributed by atoms with Gasteiger partial charge in [0.05, 0.1) is 12.2 Å². The molecule has 3 atom stereocenters. The van der Waals surface area contributed by atoms with Crippen molar-refractivity contribution >= 4 is 5.91 Å². The number of aliphatic hydroxyl groups is 1. The summed E-state index contributed by atoms with van der Waals surface area (Å²) in [7, 11) is 0. The molecule has 3 rings (SSSR count). The normalized spacial score (nSPS) is 43.1. The summed E-state index contributed by atoms with van der Waals surface area (Å²) in [6, 6.07) is 0. The van der Waals surface area contributed by atoms with Gasteiger partial charge in [-0.3, -0.25) is 4.79 Å². The Hall–Kier alpha value is -0.650. The molecule has 2 saturated heterocycles. The molecular formula is C14H24N2O3. The maximum atomic E-state index is 12.5. The first kappa shape index (κ1) is 13.3. The van der Waals surface area contributed by atoms with Crippen molar-refractivity contribution in [2.75, 3.05) is 26.3 Å². The van der Waals surface area contributed by atoms with Crippen LogP contribution < -0.4 is 5.73 Å². The van der Waals surface area contributed by atoms with Gasteiger partial charge in [0.2, 0.25) is 5.91 Å². The average Bonchev–Trinajstić information content (AvgIpc) is 2.85. The highest BCUT2D eigenvalue weighted by Gasteiger charge is 2.47. The molecule has 19 heavy (non-hydrogen) atoms. The molecule has 5 nitrogen and oxygen atoms in total. The Balaban J connectivity index is 1.69. The van der Waals surface area contributed by atoms with Gasteiger partial charge in [-0.2, -0.15) is 0 Å². The first-order valence-corrected chi connectivity index (χ1v) is 7.42. The predicted octanol–water partition coefficient (Wildman–Crippen LogP) is 0.258. The number of nitrogens with zero attached hydrogens (tertiary/aromatic N) is 1. The van der Waals surface area contributed by atoms with Crippen LogP contribution in [0.3, 0.4) is 0 Å². The molecule has 3 aliphatic rings. The van der Waals surface area contributed by atoms with Crippen LogP contribution in [0.1, 0.15) is 38.5 Å². The fourth-order valence-electron chi connectivity index (χ4n) is 3.82. The zero-order chi connectivity index (χ0) is 13.5. The van der Waals surface area contributed by atoms with Crippen LogP contribution in [0.15, 0.2) is 0 Å². The maximum Gasteiger partial charge on any atom is 0.245 e. The molecule has 3 fully saturated rings. The van der Waals surface area contributed by atoms with Gasteiger partial charge in [0.25, 0.3) is 0 Å². The summed E-state index contributed by atoms with van der Waals surface area (Å²) in [5.41, 5.74) is 4.79. The van der Waals surface area contributed by atoms with Crippen molar-refractivity contribution in [2.24, 2.45) is 11.7 Å². The Bertz CT molecular complexity index is 368. The first-order valence-electron chi connectivity index (χ1n) is 7.42. The second-order valence-electron chi connectivity index (χ2n) is 6.51. The van der Waals surface area contributed by atoms with E-state index in [1.54, 1.807) is 0 Å². The number of hydrogen-bond acceptors (Lipinski definition) is 4. The zero-order valence-electron chi connectivity index (χ0n) is 11.4. The van der Waals surface area contributed by atoms with E-state index in [0.29, 0.717) is 39.1 Å². The highest BCUT2D eigenvalue weighted by atomic mass is 16.5. The monoisotopic (exact) mass is 268 g/mol. The number of carbonyl (C=O) groups is 1. The van der Waals surface area contributed by atoms with Crippen molar-refractivity contribution in [3.8, 4) is 0 Å². The predicted molar refractivity (Wildman–Crippen MR) is 70.5 cm³/mol. The number of fused-ring (bicyclic) bond motifs is 1. The van der Waals surface area contributed by atoms with Crippen LogP contribution in [0.2, 0.25) is 0 Å². The molecule has 0 bridgehead atoms. The SMILES string of the molecule is NC1(C(=O)N2CCC3(O)CCCCC3C2)CCOC1. The summed E-state index contributed by atoms with van der Waals surface area (Å²) in [6.07, 6.45) is 5.48. The summed E-state index contributed by atoms with van der Waals surface area (Å²) in [5.74, 6) is 0.238. The maximum absolute atomic E-state index is 12.5. The molecule has 0 aromatic carbocycles. The lowest BCUT2D eigenvalue weighted by atomic mass is 9.71. The number of piperidine rings is 1. The van der Waals surface area contributed by atoms with E-state index in [-0.39, 0.29) is 11.8 Å². The average molecular weight is 268 g/mol. The van der Waals surface area contributed by atoms with Gasteiger partial charge in [-0.1, -0.05) is 12.8 Å². The van der Waals surface area contributed by atoms with Crippen LogP contribution in [0.25, 0.3) is 0 Å². The molecule has 3 unspecified atom stereocenters. The molecule has 108 valence electrons. The fraction of sp³-hybridized carbons (Fsp3) is 0.929. The Morgan fingerprint density at radius 3 is 2.89 bits per heavy atom. The number of hydrogen-bond donors (Lipinski definition) is 2. The molecule has 3 N–H and O–H groups in total. The third kappa shape index (κ3) is 2.28. The minimum absolute atomic E-state index is 0.0117. The quantitative estimate of drug-likeness (QED) is 0.715. The largest absolute Gasteiger partial charge is 0.389 e. The molecule has 5 heteroatoms. The molecule has 2 heterocycles. The van der Waals surface area contributed by atoms with E-state index in [0.717, 1.165) is 25.7 Å². The molecule has 1 aliphatic carbocycles. The van der Waals surface area contributed by atoms with E-state index < -0.39 is 11.1 Å². The highest BCUT2D eigenvalue weighted by molar-refractivity contribution is 5.86. The first-order chi connectivity index (χ1) is 9.04. The number of ether oxygens (including phenoxy) is 1. The van der Waals surface area contributed by atoms with Gasteiger partial charge in [0.15, 0.2) is 0 Å². The van der Waals surface area contributed by atoms with Crippen molar-refractivity contribution in [1.29, 1.82) is 0 Å². The lowest BCUT2D eigenvalue weighted by molar-refractivity contribution is -0.148. The van der Waals surface area contributed by atoms with Crippen molar-refractivity contribution in [3.63, 3.8) is 0 Å². The number of nitrogens with two attached hydrogens (primary N) is 1. The zero-order valence-corrected chi connectivity index (χ0v) is 11.4. The van der Waals surface area contributed by atoms with E-state index in [1.165, 1.54) is 0 Å². The Morgan fingerprint density at radius 1 is 1.32 bits per heavy atom. The Labute approximate surface area is 114 Å². The van der Waals surface area contributed by atoms with Crippen molar-refractivity contribution in [2.45, 2.75) is 49.7 Å². The number of rotatable bonds is 1. The second-order valence-corrected chi connectivity index (χ2v) is 6.51. The van der Waals surface area contributed by atoms with E-state index in [2.05, 4.69) is 0 Å². The number of likely N-dealkylation sites (tertiary alicyclic amines) is 1. The van der Waals surface area contributed by atoms with E-state index >= 15 is 0 Å². The third-order valence-electron chi connectivity index (χ3n) is 5.19. The second kappa shape index (κ2) is 4.72. The van der Waals surface area contributed by atoms with E-state index in [9.17, 15) is 9.90 Å². The van der Waals surface area contributed by atoms with Crippen LogP contribution in [0.5, 0.6) is 0 Å². The van der Waals surface area contributed by atoms with Crippen LogP contribution >= 0.6 is 0 Å². The summed E-state index contributed by atoms with van der Waals surface area (Å²) in [4.78, 5) is 14.4. The fourth-order valence-corrected chi connectivity index (χ4v) is 3.82. The molecule has 0 spiro atoms. The third-order valence-corrected chi connectivity index (χ3v) is 5.19. The van der Waals surface area contributed by atoms with Crippen molar-refractivity contribution in [3.05, 3.63) is 0 Å². The summed E-state index contributed by atoms with van der Waals surface area (Å²) in [6.45, 7) is 2.19. The topological polar surface area (TPSA) is 75.8 Å². The Kier molecular flexibility index (Phi) is 3.31. The van der Waals surface area contributed by atoms with Gasteiger partial charge in [-0.25, -0.2) is 0 Å². The summed E-state index contributed by atoms with van der Waals surface area (Å²) < 4.78 is 5.28. The summed E-state index contributed by atoms with van der Waals surface area (Å²) in [5, 5.41) is 10.6. The number of carbonyl (C=O) groups excluding carboxylic acids is 1. The molecule has 1 amide bonds. The van der Waals surface area contributed by atoms with Crippen LogP contribution in [-0.2, 0) is 9.53 Å². The molecule has 2 aliphatic heterocycles. The Morgan fingerprint density at radius 2 is 2.16 bits per heavy atom. The lowest BCUT2D eigenvalue weighted by Gasteiger charge is -2.48. The van der Waals surface area contributed by atoms with Gasteiger partial charge in [-0.05, 0) is 25.7 Å². The van der Waals surface area contributed by atoms with Crippen LogP contribution in [0, 0.1) is 5.92 Å². The molecule has 1 saturated carbocycles. The van der Waals surface area contributed by atoms with Crippen molar-refractivity contribution < 1.29 is 14.6 Å². The van der Waals surface area contributed by atoms with Crippen LogP contribution in [-0.4, -0.2) is 53.4 Å². The molecule has 0 radical (unpaired) electrons. The number of amides is 1. The standard InChI is InChI=1S/C14H24N2O3/c15-13(6-8-19-10-13)12(17)16-7-5-14(18)4-2-1-3-11(14)9-16/h11,18H,1-10,15H2. The molecule has 0 aromatic rings. The smallest absolute Gasteiger partial charge is 0.245 e. The van der Waals surface area contributed by atoms with Gasteiger partial charge in [0.1, 0.15) is 5.54 Å². The van der Waals surface area contributed by atoms with Crippen LogP contribution in [0.4, 0.5) is 0 Å². The molecule has 0 aromatic heterocycles.